The number of nitrogens with zero attached hydrogens (tertiary/aromatic N) is 1. The highest BCUT2D eigenvalue weighted by molar-refractivity contribution is 7.11. The summed E-state index contributed by atoms with van der Waals surface area (Å²) in [4.78, 5) is 14.5. The Morgan fingerprint density at radius 2 is 2.25 bits per heavy atom. The second-order valence-corrected chi connectivity index (χ2v) is 4.94. The molecule has 0 spiro atoms. The summed E-state index contributed by atoms with van der Waals surface area (Å²) in [5.41, 5.74) is 0.0728. The zero-order valence-corrected chi connectivity index (χ0v) is 9.83. The van der Waals surface area contributed by atoms with Crippen LogP contribution in [0, 0.1) is 5.92 Å². The standard InChI is InChI=1S/C11H15NO3S/c13-10(14)9-7-16-11(12-9)15-6-8-4-2-1-3-5-8/h7-8H,1-6H2,(H,13,14). The number of ether oxygens (including phenoxy) is 1. The van der Waals surface area contributed by atoms with E-state index >= 15 is 0 Å². The van der Waals surface area contributed by atoms with Crippen molar-refractivity contribution in [2.45, 2.75) is 32.1 Å². The molecule has 88 valence electrons. The molecule has 0 atom stereocenters. The van der Waals surface area contributed by atoms with Crippen LogP contribution >= 0.6 is 11.3 Å². The summed E-state index contributed by atoms with van der Waals surface area (Å²) in [5, 5.41) is 10.7. The minimum Gasteiger partial charge on any atom is -0.476 e. The maximum Gasteiger partial charge on any atom is 0.355 e. The number of carbonyl (C=O) groups is 1. The predicted molar refractivity (Wildman–Crippen MR) is 61.1 cm³/mol. The Hall–Kier alpha value is -1.10. The molecule has 0 radical (unpaired) electrons. The maximum atomic E-state index is 10.6. The van der Waals surface area contributed by atoms with Crippen LogP contribution in [0.5, 0.6) is 5.19 Å². The molecule has 1 saturated carbocycles. The summed E-state index contributed by atoms with van der Waals surface area (Å²) < 4.78 is 5.52. The van der Waals surface area contributed by atoms with Crippen LogP contribution in [0.25, 0.3) is 0 Å². The summed E-state index contributed by atoms with van der Waals surface area (Å²) >= 11 is 1.25. The maximum absolute atomic E-state index is 10.6. The predicted octanol–water partition coefficient (Wildman–Crippen LogP) is 2.80. The third-order valence-corrected chi connectivity index (χ3v) is 3.62. The lowest BCUT2D eigenvalue weighted by Crippen LogP contribution is -2.15. The molecule has 0 unspecified atom stereocenters. The zero-order chi connectivity index (χ0) is 11.4. The molecule has 5 heteroatoms. The Kier molecular flexibility index (Phi) is 3.77. The highest BCUT2D eigenvalue weighted by Gasteiger charge is 2.15. The topological polar surface area (TPSA) is 59.4 Å². The molecule has 1 heterocycles. The Bertz CT molecular complexity index is 358. The first kappa shape index (κ1) is 11.4. The molecule has 1 aliphatic rings. The summed E-state index contributed by atoms with van der Waals surface area (Å²) in [6.45, 7) is 0.673. The average molecular weight is 241 g/mol. The first-order valence-electron chi connectivity index (χ1n) is 5.57. The number of thiazole rings is 1. The van der Waals surface area contributed by atoms with E-state index in [0.29, 0.717) is 17.7 Å². The fourth-order valence-corrected chi connectivity index (χ4v) is 2.62. The van der Waals surface area contributed by atoms with E-state index in [4.69, 9.17) is 9.84 Å². The molecule has 0 amide bonds. The van der Waals surface area contributed by atoms with Gasteiger partial charge in [-0.15, -0.1) is 0 Å². The van der Waals surface area contributed by atoms with Crippen molar-refractivity contribution in [1.29, 1.82) is 0 Å². The molecule has 0 aromatic carbocycles. The third-order valence-electron chi connectivity index (χ3n) is 2.87. The van der Waals surface area contributed by atoms with Gasteiger partial charge in [-0.05, 0) is 18.8 Å². The number of carboxylic acids is 1. The van der Waals surface area contributed by atoms with Crippen LogP contribution < -0.4 is 4.74 Å². The molecule has 1 aromatic heterocycles. The Labute approximate surface area is 98.3 Å². The van der Waals surface area contributed by atoms with Crippen LogP contribution in [0.1, 0.15) is 42.6 Å². The van der Waals surface area contributed by atoms with Gasteiger partial charge >= 0.3 is 5.97 Å². The molecule has 0 saturated heterocycles. The molecule has 0 aliphatic heterocycles. The smallest absolute Gasteiger partial charge is 0.355 e. The third kappa shape index (κ3) is 2.95. The molecule has 1 aliphatic carbocycles. The van der Waals surface area contributed by atoms with Crippen LogP contribution in [0.3, 0.4) is 0 Å². The van der Waals surface area contributed by atoms with Gasteiger partial charge in [0.05, 0.1) is 6.61 Å². The molecule has 0 bridgehead atoms. The number of carboxylic acid groups (broad SMARTS) is 1. The van der Waals surface area contributed by atoms with Gasteiger partial charge in [0.2, 0.25) is 0 Å². The quantitative estimate of drug-likeness (QED) is 0.880. The van der Waals surface area contributed by atoms with E-state index in [2.05, 4.69) is 4.98 Å². The van der Waals surface area contributed by atoms with Gasteiger partial charge in [0.25, 0.3) is 5.19 Å². The molecule has 16 heavy (non-hydrogen) atoms. The van der Waals surface area contributed by atoms with Crippen molar-refractivity contribution in [3.63, 3.8) is 0 Å². The van der Waals surface area contributed by atoms with Crippen molar-refractivity contribution in [3.8, 4) is 5.19 Å². The van der Waals surface area contributed by atoms with Crippen molar-refractivity contribution in [1.82, 2.24) is 4.98 Å². The second-order valence-electron chi connectivity index (χ2n) is 4.12. The van der Waals surface area contributed by atoms with E-state index < -0.39 is 5.97 Å². The first-order valence-corrected chi connectivity index (χ1v) is 6.45. The fraction of sp³-hybridized carbons (Fsp3) is 0.636. The molecule has 1 N–H and O–H groups in total. The van der Waals surface area contributed by atoms with E-state index in [1.165, 1.54) is 48.8 Å². The molecular formula is C11H15NO3S. The molecular weight excluding hydrogens is 226 g/mol. The summed E-state index contributed by atoms with van der Waals surface area (Å²) in [6.07, 6.45) is 6.34. The van der Waals surface area contributed by atoms with E-state index in [-0.39, 0.29) is 5.69 Å². The van der Waals surface area contributed by atoms with Crippen molar-refractivity contribution < 1.29 is 14.6 Å². The Balaban J connectivity index is 1.81. The number of aromatic carboxylic acids is 1. The van der Waals surface area contributed by atoms with Gasteiger partial charge in [0.15, 0.2) is 5.69 Å². The van der Waals surface area contributed by atoms with Gasteiger partial charge in [-0.1, -0.05) is 30.6 Å². The molecule has 4 nitrogen and oxygen atoms in total. The summed E-state index contributed by atoms with van der Waals surface area (Å²) in [7, 11) is 0. The van der Waals surface area contributed by atoms with Gasteiger partial charge in [0.1, 0.15) is 0 Å². The number of rotatable bonds is 4. The van der Waals surface area contributed by atoms with E-state index in [9.17, 15) is 4.79 Å². The SMILES string of the molecule is O=C(O)c1csc(OCC2CCCCC2)n1. The summed E-state index contributed by atoms with van der Waals surface area (Å²) in [5.74, 6) is -0.380. The Morgan fingerprint density at radius 1 is 1.50 bits per heavy atom. The monoisotopic (exact) mass is 241 g/mol. The highest BCUT2D eigenvalue weighted by atomic mass is 32.1. The van der Waals surface area contributed by atoms with E-state index in [1.807, 2.05) is 0 Å². The van der Waals surface area contributed by atoms with Gasteiger partial charge < -0.3 is 9.84 Å². The van der Waals surface area contributed by atoms with Crippen LogP contribution in [0.15, 0.2) is 5.38 Å². The van der Waals surface area contributed by atoms with Crippen molar-refractivity contribution >= 4 is 17.3 Å². The van der Waals surface area contributed by atoms with E-state index in [0.717, 1.165) is 0 Å². The van der Waals surface area contributed by atoms with Crippen molar-refractivity contribution in [2.24, 2.45) is 5.92 Å². The van der Waals surface area contributed by atoms with E-state index in [1.54, 1.807) is 0 Å². The highest BCUT2D eigenvalue weighted by Crippen LogP contribution is 2.25. The lowest BCUT2D eigenvalue weighted by atomic mass is 9.90. The lowest BCUT2D eigenvalue weighted by Gasteiger charge is -2.20. The largest absolute Gasteiger partial charge is 0.476 e. The summed E-state index contributed by atoms with van der Waals surface area (Å²) in [6, 6.07) is 0. The normalized spacial score (nSPS) is 17.2. The Morgan fingerprint density at radius 3 is 2.88 bits per heavy atom. The number of hydrogen-bond donors (Lipinski definition) is 1. The van der Waals surface area contributed by atoms with Crippen LogP contribution in [-0.2, 0) is 0 Å². The van der Waals surface area contributed by atoms with Crippen LogP contribution in [0.4, 0.5) is 0 Å². The zero-order valence-electron chi connectivity index (χ0n) is 9.02. The average Bonchev–Trinajstić information content (AvgIpc) is 2.76. The van der Waals surface area contributed by atoms with Crippen LogP contribution in [0.2, 0.25) is 0 Å². The van der Waals surface area contributed by atoms with Crippen molar-refractivity contribution in [3.05, 3.63) is 11.1 Å². The van der Waals surface area contributed by atoms with Gasteiger partial charge in [-0.25, -0.2) is 4.79 Å². The molecule has 1 fully saturated rings. The molecule has 1 aromatic rings. The van der Waals surface area contributed by atoms with Gasteiger partial charge in [-0.2, -0.15) is 4.98 Å². The number of hydrogen-bond acceptors (Lipinski definition) is 4. The van der Waals surface area contributed by atoms with Gasteiger partial charge in [0, 0.05) is 5.38 Å². The first-order chi connectivity index (χ1) is 7.75. The molecule has 2 rings (SSSR count). The lowest BCUT2D eigenvalue weighted by molar-refractivity contribution is 0.0690. The minimum atomic E-state index is -0.997. The van der Waals surface area contributed by atoms with Crippen molar-refractivity contribution in [2.75, 3.05) is 6.61 Å². The number of aromatic nitrogens is 1. The minimum absolute atomic E-state index is 0.0728. The van der Waals surface area contributed by atoms with Crippen LogP contribution in [-0.4, -0.2) is 22.7 Å². The fourth-order valence-electron chi connectivity index (χ4n) is 1.96. The van der Waals surface area contributed by atoms with Gasteiger partial charge in [-0.3, -0.25) is 0 Å². The second kappa shape index (κ2) is 5.30.